The quantitative estimate of drug-likeness (QED) is 0.401. The predicted octanol–water partition coefficient (Wildman–Crippen LogP) is -0.0537. The highest BCUT2D eigenvalue weighted by molar-refractivity contribution is 5.86. The second kappa shape index (κ2) is 6.21. The first-order valence-corrected chi connectivity index (χ1v) is 3.54. The molecule has 3 N–H and O–H groups in total. The molecule has 0 atom stereocenters. The molecule has 5 nitrogen and oxygen atoms in total. The van der Waals surface area contributed by atoms with E-state index in [-0.39, 0.29) is 5.91 Å². The second-order valence-corrected chi connectivity index (χ2v) is 2.08. The lowest BCUT2D eigenvalue weighted by molar-refractivity contribution is -0.116. The lowest BCUT2D eigenvalue weighted by Gasteiger charge is -2.01. The standard InChI is InChI=1S/C7H12N2O3/c1-2-6(10)8-4-3-5-9-7(11)12/h2,9H,1,3-5H2,(H,8,10)(H,11,12). The summed E-state index contributed by atoms with van der Waals surface area (Å²) in [7, 11) is 0. The van der Waals surface area contributed by atoms with Gasteiger partial charge in [0.25, 0.3) is 0 Å². The van der Waals surface area contributed by atoms with Crippen LogP contribution in [0.2, 0.25) is 0 Å². The topological polar surface area (TPSA) is 78.4 Å². The van der Waals surface area contributed by atoms with Crippen molar-refractivity contribution in [1.82, 2.24) is 10.6 Å². The van der Waals surface area contributed by atoms with Gasteiger partial charge in [-0.05, 0) is 12.5 Å². The molecule has 0 aliphatic carbocycles. The van der Waals surface area contributed by atoms with E-state index in [1.807, 2.05) is 0 Å². The van der Waals surface area contributed by atoms with Crippen molar-refractivity contribution in [3.05, 3.63) is 12.7 Å². The minimum absolute atomic E-state index is 0.245. The van der Waals surface area contributed by atoms with Gasteiger partial charge in [-0.15, -0.1) is 0 Å². The highest BCUT2D eigenvalue weighted by atomic mass is 16.4. The fourth-order valence-corrected chi connectivity index (χ4v) is 0.567. The first-order chi connectivity index (χ1) is 5.66. The molecule has 0 unspecified atom stereocenters. The van der Waals surface area contributed by atoms with Crippen molar-refractivity contribution < 1.29 is 14.7 Å². The van der Waals surface area contributed by atoms with E-state index in [1.54, 1.807) is 0 Å². The third-order valence-electron chi connectivity index (χ3n) is 1.11. The molecule has 0 heterocycles. The van der Waals surface area contributed by atoms with Gasteiger partial charge in [-0.1, -0.05) is 6.58 Å². The fourth-order valence-electron chi connectivity index (χ4n) is 0.567. The molecule has 68 valence electrons. The van der Waals surface area contributed by atoms with Gasteiger partial charge in [-0.2, -0.15) is 0 Å². The van der Waals surface area contributed by atoms with E-state index in [2.05, 4.69) is 17.2 Å². The van der Waals surface area contributed by atoms with Gasteiger partial charge in [0.2, 0.25) is 5.91 Å². The molecular weight excluding hydrogens is 160 g/mol. The maximum Gasteiger partial charge on any atom is 0.404 e. The fraction of sp³-hybridized carbons (Fsp3) is 0.429. The van der Waals surface area contributed by atoms with Crippen molar-refractivity contribution >= 4 is 12.0 Å². The Hall–Kier alpha value is -1.52. The van der Waals surface area contributed by atoms with E-state index in [9.17, 15) is 9.59 Å². The summed E-state index contributed by atoms with van der Waals surface area (Å²) >= 11 is 0. The average Bonchev–Trinajstić information content (AvgIpc) is 2.03. The Morgan fingerprint density at radius 2 is 1.92 bits per heavy atom. The summed E-state index contributed by atoms with van der Waals surface area (Å²) in [6.45, 7) is 4.06. The second-order valence-electron chi connectivity index (χ2n) is 2.08. The number of carbonyl (C=O) groups excluding carboxylic acids is 1. The predicted molar refractivity (Wildman–Crippen MR) is 43.9 cm³/mol. The zero-order valence-electron chi connectivity index (χ0n) is 6.67. The Bertz CT molecular complexity index is 179. The number of carbonyl (C=O) groups is 2. The van der Waals surface area contributed by atoms with Gasteiger partial charge in [-0.3, -0.25) is 4.79 Å². The highest BCUT2D eigenvalue weighted by Crippen LogP contribution is 1.74. The third kappa shape index (κ3) is 6.60. The van der Waals surface area contributed by atoms with Crippen LogP contribution < -0.4 is 10.6 Å². The zero-order valence-corrected chi connectivity index (χ0v) is 6.67. The molecule has 0 bridgehead atoms. The minimum atomic E-state index is -1.05. The Balaban J connectivity index is 3.16. The van der Waals surface area contributed by atoms with Crippen LogP contribution in [0.15, 0.2) is 12.7 Å². The van der Waals surface area contributed by atoms with E-state index in [4.69, 9.17) is 5.11 Å². The third-order valence-corrected chi connectivity index (χ3v) is 1.11. The van der Waals surface area contributed by atoms with Crippen molar-refractivity contribution in [2.75, 3.05) is 13.1 Å². The summed E-state index contributed by atoms with van der Waals surface area (Å²) in [4.78, 5) is 20.5. The number of hydrogen-bond acceptors (Lipinski definition) is 2. The summed E-state index contributed by atoms with van der Waals surface area (Å²) in [5.74, 6) is -0.245. The molecule has 0 radical (unpaired) electrons. The summed E-state index contributed by atoms with van der Waals surface area (Å²) in [5, 5.41) is 12.8. The van der Waals surface area contributed by atoms with Gasteiger partial charge in [0.1, 0.15) is 0 Å². The van der Waals surface area contributed by atoms with Gasteiger partial charge >= 0.3 is 6.09 Å². The summed E-state index contributed by atoms with van der Waals surface area (Å²) in [6, 6.07) is 0. The van der Waals surface area contributed by atoms with Crippen LogP contribution in [-0.4, -0.2) is 30.2 Å². The van der Waals surface area contributed by atoms with Crippen molar-refractivity contribution in [2.24, 2.45) is 0 Å². The minimum Gasteiger partial charge on any atom is -0.465 e. The lowest BCUT2D eigenvalue weighted by Crippen LogP contribution is -2.27. The van der Waals surface area contributed by atoms with Crippen LogP contribution in [0, 0.1) is 0 Å². The van der Waals surface area contributed by atoms with Crippen LogP contribution >= 0.6 is 0 Å². The molecule has 0 aliphatic heterocycles. The molecule has 0 saturated carbocycles. The maximum absolute atomic E-state index is 10.5. The van der Waals surface area contributed by atoms with Crippen LogP contribution in [-0.2, 0) is 4.79 Å². The molecular formula is C7H12N2O3. The maximum atomic E-state index is 10.5. The van der Waals surface area contributed by atoms with E-state index in [1.165, 1.54) is 6.08 Å². The van der Waals surface area contributed by atoms with Crippen molar-refractivity contribution in [2.45, 2.75) is 6.42 Å². The molecule has 0 aliphatic rings. The van der Waals surface area contributed by atoms with Gasteiger partial charge in [0.15, 0.2) is 0 Å². The molecule has 0 saturated heterocycles. The van der Waals surface area contributed by atoms with Crippen molar-refractivity contribution in [3.63, 3.8) is 0 Å². The Labute approximate surface area is 70.5 Å². The number of nitrogens with one attached hydrogen (secondary N) is 2. The first-order valence-electron chi connectivity index (χ1n) is 3.54. The molecule has 12 heavy (non-hydrogen) atoms. The summed E-state index contributed by atoms with van der Waals surface area (Å²) in [5.41, 5.74) is 0. The first kappa shape index (κ1) is 10.5. The normalized spacial score (nSPS) is 8.67. The van der Waals surface area contributed by atoms with Crippen LogP contribution in [0.25, 0.3) is 0 Å². The van der Waals surface area contributed by atoms with Gasteiger partial charge in [0, 0.05) is 13.1 Å². The van der Waals surface area contributed by atoms with E-state index in [0.717, 1.165) is 0 Å². The summed E-state index contributed by atoms with van der Waals surface area (Å²) in [6.07, 6.45) is 0.696. The number of amides is 2. The van der Waals surface area contributed by atoms with Crippen LogP contribution in [0.5, 0.6) is 0 Å². The largest absolute Gasteiger partial charge is 0.465 e. The van der Waals surface area contributed by atoms with Crippen molar-refractivity contribution in [1.29, 1.82) is 0 Å². The lowest BCUT2D eigenvalue weighted by atomic mass is 10.4. The van der Waals surface area contributed by atoms with E-state index in [0.29, 0.717) is 19.5 Å². The Morgan fingerprint density at radius 1 is 1.33 bits per heavy atom. The average molecular weight is 172 g/mol. The molecule has 0 fully saturated rings. The smallest absolute Gasteiger partial charge is 0.404 e. The van der Waals surface area contributed by atoms with Gasteiger partial charge in [0.05, 0.1) is 0 Å². The van der Waals surface area contributed by atoms with E-state index < -0.39 is 6.09 Å². The van der Waals surface area contributed by atoms with E-state index >= 15 is 0 Å². The summed E-state index contributed by atoms with van der Waals surface area (Å²) < 4.78 is 0. The monoisotopic (exact) mass is 172 g/mol. The number of hydrogen-bond donors (Lipinski definition) is 3. The molecule has 5 heteroatoms. The number of carboxylic acid groups (broad SMARTS) is 1. The molecule has 0 rings (SSSR count). The highest BCUT2D eigenvalue weighted by Gasteiger charge is 1.94. The Morgan fingerprint density at radius 3 is 2.42 bits per heavy atom. The molecule has 0 aromatic heterocycles. The molecule has 0 aromatic carbocycles. The number of rotatable bonds is 5. The van der Waals surface area contributed by atoms with Crippen LogP contribution in [0.1, 0.15) is 6.42 Å². The zero-order chi connectivity index (χ0) is 9.40. The molecule has 0 spiro atoms. The SMILES string of the molecule is C=CC(=O)NCCCNC(=O)O. The van der Waals surface area contributed by atoms with Gasteiger partial charge in [-0.25, -0.2) is 4.79 Å². The van der Waals surface area contributed by atoms with Crippen LogP contribution in [0.4, 0.5) is 4.79 Å². The van der Waals surface area contributed by atoms with Crippen molar-refractivity contribution in [3.8, 4) is 0 Å². The molecule has 2 amide bonds. The van der Waals surface area contributed by atoms with Gasteiger partial charge < -0.3 is 15.7 Å². The molecule has 0 aromatic rings. The van der Waals surface area contributed by atoms with Crippen LogP contribution in [0.3, 0.4) is 0 Å². The Kier molecular flexibility index (Phi) is 5.42.